The first-order valence-corrected chi connectivity index (χ1v) is 11.2. The Kier molecular flexibility index (Phi) is 6.12. The number of benzene rings is 2. The molecule has 2 aromatic rings. The summed E-state index contributed by atoms with van der Waals surface area (Å²) in [6.07, 6.45) is 1.92. The Labute approximate surface area is 171 Å². The van der Waals surface area contributed by atoms with Crippen LogP contribution >= 0.6 is 11.6 Å². The summed E-state index contributed by atoms with van der Waals surface area (Å²) in [5.41, 5.74) is 2.83. The number of hydrogen-bond acceptors (Lipinski definition) is 3. The first kappa shape index (κ1) is 20.8. The molecule has 0 bridgehead atoms. The average molecular weight is 421 g/mol. The minimum Gasteiger partial charge on any atom is -0.320 e. The fourth-order valence-electron chi connectivity index (χ4n) is 3.55. The fourth-order valence-corrected chi connectivity index (χ4v) is 5.52. The van der Waals surface area contributed by atoms with Crippen molar-refractivity contribution >= 4 is 33.2 Å². The molecule has 0 radical (unpaired) electrons. The molecule has 7 heteroatoms. The molecule has 28 heavy (non-hydrogen) atoms. The molecule has 0 spiro atoms. The van der Waals surface area contributed by atoms with Crippen molar-refractivity contribution in [3.8, 4) is 0 Å². The number of amides is 1. The summed E-state index contributed by atoms with van der Waals surface area (Å²) >= 11 is 6.25. The Morgan fingerprint density at radius 2 is 1.86 bits per heavy atom. The van der Waals surface area contributed by atoms with Crippen LogP contribution in [0.5, 0.6) is 0 Å². The maximum atomic E-state index is 12.8. The molecule has 1 fully saturated rings. The summed E-state index contributed by atoms with van der Waals surface area (Å²) in [5, 5.41) is 3.29. The first-order chi connectivity index (χ1) is 13.2. The fraction of sp³-hybridized carbons (Fsp3) is 0.381. The van der Waals surface area contributed by atoms with Gasteiger partial charge in [0.25, 0.3) is 5.91 Å². The van der Waals surface area contributed by atoms with Crippen LogP contribution in [-0.2, 0) is 10.0 Å². The van der Waals surface area contributed by atoms with E-state index in [1.165, 1.54) is 28.6 Å². The maximum Gasteiger partial charge on any atom is 0.255 e. The number of rotatable bonds is 4. The van der Waals surface area contributed by atoms with Crippen LogP contribution in [0, 0.1) is 19.8 Å². The molecule has 5 nitrogen and oxygen atoms in total. The third-order valence-electron chi connectivity index (χ3n) is 5.04. The molecule has 1 aliphatic rings. The van der Waals surface area contributed by atoms with E-state index in [1.807, 2.05) is 19.9 Å². The van der Waals surface area contributed by atoms with Gasteiger partial charge in [-0.15, -0.1) is 0 Å². The van der Waals surface area contributed by atoms with Gasteiger partial charge in [0.05, 0.1) is 15.6 Å². The number of hydrogen-bond donors (Lipinski definition) is 1. The third kappa shape index (κ3) is 4.40. The van der Waals surface area contributed by atoms with Crippen LogP contribution in [0.1, 0.15) is 41.3 Å². The normalized spacial score (nSPS) is 18.1. The monoisotopic (exact) mass is 420 g/mol. The predicted molar refractivity (Wildman–Crippen MR) is 112 cm³/mol. The lowest BCUT2D eigenvalue weighted by Gasteiger charge is -2.30. The molecule has 1 atom stereocenters. The second kappa shape index (κ2) is 8.23. The van der Waals surface area contributed by atoms with Gasteiger partial charge >= 0.3 is 0 Å². The standard InChI is InChI=1S/C21H25ClN2O3S/c1-14-5-4-10-24(13-14)28(26,27)18-8-6-17(7-9-18)21(25)23-20-16(3)11-15(2)12-19(20)22/h6-9,11-12,14H,4-5,10,13H2,1-3H3,(H,23,25)/t14-/m1/s1. The first-order valence-electron chi connectivity index (χ1n) is 9.37. The highest BCUT2D eigenvalue weighted by molar-refractivity contribution is 7.89. The SMILES string of the molecule is Cc1cc(C)c(NC(=O)c2ccc(S(=O)(=O)N3CCC[C@@H](C)C3)cc2)c(Cl)c1. The highest BCUT2D eigenvalue weighted by atomic mass is 35.5. The van der Waals surface area contributed by atoms with E-state index in [1.54, 1.807) is 6.07 Å². The topological polar surface area (TPSA) is 66.5 Å². The second-order valence-corrected chi connectivity index (χ2v) is 9.87. The van der Waals surface area contributed by atoms with Crippen LogP contribution in [0.4, 0.5) is 5.69 Å². The highest BCUT2D eigenvalue weighted by Gasteiger charge is 2.28. The van der Waals surface area contributed by atoms with E-state index in [0.29, 0.717) is 35.3 Å². The smallest absolute Gasteiger partial charge is 0.255 e. The van der Waals surface area contributed by atoms with E-state index in [9.17, 15) is 13.2 Å². The van der Waals surface area contributed by atoms with Gasteiger partial charge in [-0.25, -0.2) is 8.42 Å². The lowest BCUT2D eigenvalue weighted by atomic mass is 10.0. The van der Waals surface area contributed by atoms with E-state index in [0.717, 1.165) is 24.0 Å². The molecule has 1 amide bonds. The maximum absolute atomic E-state index is 12.8. The molecule has 150 valence electrons. The van der Waals surface area contributed by atoms with Crippen LogP contribution in [0.3, 0.4) is 0 Å². The number of carbonyl (C=O) groups is 1. The molecule has 1 saturated heterocycles. The lowest BCUT2D eigenvalue weighted by Crippen LogP contribution is -2.39. The average Bonchev–Trinajstić information content (AvgIpc) is 2.64. The summed E-state index contributed by atoms with van der Waals surface area (Å²) < 4.78 is 27.2. The van der Waals surface area contributed by atoms with Gasteiger partial charge in [-0.1, -0.05) is 24.6 Å². The number of aryl methyl sites for hydroxylation is 2. The molecule has 2 aromatic carbocycles. The van der Waals surface area contributed by atoms with Gasteiger partial charge in [0.15, 0.2) is 0 Å². The van der Waals surface area contributed by atoms with Crippen LogP contribution in [0.25, 0.3) is 0 Å². The van der Waals surface area contributed by atoms with Gasteiger partial charge in [-0.2, -0.15) is 4.31 Å². The number of sulfonamides is 1. The molecule has 0 saturated carbocycles. The van der Waals surface area contributed by atoms with E-state index in [4.69, 9.17) is 11.6 Å². The Balaban J connectivity index is 1.78. The van der Waals surface area contributed by atoms with Crippen molar-refractivity contribution in [1.82, 2.24) is 4.31 Å². The minimum absolute atomic E-state index is 0.211. The van der Waals surface area contributed by atoms with E-state index in [-0.39, 0.29) is 10.8 Å². The molecular weight excluding hydrogens is 396 g/mol. The van der Waals surface area contributed by atoms with Gasteiger partial charge in [0, 0.05) is 18.7 Å². The van der Waals surface area contributed by atoms with Crippen molar-refractivity contribution in [3.05, 3.63) is 58.1 Å². The quantitative estimate of drug-likeness (QED) is 0.784. The largest absolute Gasteiger partial charge is 0.320 e. The van der Waals surface area contributed by atoms with Crippen molar-refractivity contribution in [2.75, 3.05) is 18.4 Å². The van der Waals surface area contributed by atoms with Gasteiger partial charge in [0.1, 0.15) is 0 Å². The van der Waals surface area contributed by atoms with E-state index in [2.05, 4.69) is 12.2 Å². The molecule has 1 aliphatic heterocycles. The van der Waals surface area contributed by atoms with Crippen molar-refractivity contribution in [1.29, 1.82) is 0 Å². The minimum atomic E-state index is -3.53. The van der Waals surface area contributed by atoms with Gasteiger partial charge in [-0.3, -0.25) is 4.79 Å². The van der Waals surface area contributed by atoms with Gasteiger partial charge in [-0.05, 0) is 74.1 Å². The molecule has 0 aliphatic carbocycles. The van der Waals surface area contributed by atoms with Crippen molar-refractivity contribution < 1.29 is 13.2 Å². The molecule has 1 N–H and O–H groups in total. The van der Waals surface area contributed by atoms with Crippen LogP contribution in [-0.4, -0.2) is 31.7 Å². The zero-order chi connectivity index (χ0) is 20.5. The Morgan fingerprint density at radius 1 is 1.18 bits per heavy atom. The van der Waals surface area contributed by atoms with Crippen LogP contribution in [0.2, 0.25) is 5.02 Å². The number of nitrogens with zero attached hydrogens (tertiary/aromatic N) is 1. The number of piperidine rings is 1. The van der Waals surface area contributed by atoms with E-state index < -0.39 is 10.0 Å². The van der Waals surface area contributed by atoms with Gasteiger partial charge < -0.3 is 5.32 Å². The van der Waals surface area contributed by atoms with Crippen molar-refractivity contribution in [2.45, 2.75) is 38.5 Å². The molecular formula is C21H25ClN2O3S. The Hall–Kier alpha value is -1.89. The predicted octanol–water partition coefficient (Wildman–Crippen LogP) is 4.63. The molecule has 1 heterocycles. The van der Waals surface area contributed by atoms with Gasteiger partial charge in [0.2, 0.25) is 10.0 Å². The lowest BCUT2D eigenvalue weighted by molar-refractivity contribution is 0.102. The number of halogens is 1. The number of anilines is 1. The number of nitrogens with one attached hydrogen (secondary N) is 1. The van der Waals surface area contributed by atoms with Crippen molar-refractivity contribution in [3.63, 3.8) is 0 Å². The van der Waals surface area contributed by atoms with E-state index >= 15 is 0 Å². The molecule has 3 rings (SSSR count). The summed E-state index contributed by atoms with van der Waals surface area (Å²) in [6.45, 7) is 6.96. The zero-order valence-corrected chi connectivity index (χ0v) is 17.9. The second-order valence-electron chi connectivity index (χ2n) is 7.53. The Bertz CT molecular complexity index is 964. The summed E-state index contributed by atoms with van der Waals surface area (Å²) in [4.78, 5) is 12.8. The zero-order valence-electron chi connectivity index (χ0n) is 16.3. The summed E-state index contributed by atoms with van der Waals surface area (Å²) in [7, 11) is -3.53. The summed E-state index contributed by atoms with van der Waals surface area (Å²) in [5.74, 6) is 0.0282. The number of carbonyl (C=O) groups excluding carboxylic acids is 1. The highest BCUT2D eigenvalue weighted by Crippen LogP contribution is 2.28. The van der Waals surface area contributed by atoms with Crippen LogP contribution < -0.4 is 5.32 Å². The van der Waals surface area contributed by atoms with Crippen LogP contribution in [0.15, 0.2) is 41.3 Å². The van der Waals surface area contributed by atoms with Crippen molar-refractivity contribution in [2.24, 2.45) is 5.92 Å². The molecule has 0 unspecified atom stereocenters. The Morgan fingerprint density at radius 3 is 2.46 bits per heavy atom. The third-order valence-corrected chi connectivity index (χ3v) is 7.22. The summed E-state index contributed by atoms with van der Waals surface area (Å²) in [6, 6.07) is 9.79. The molecule has 0 aromatic heterocycles.